The van der Waals surface area contributed by atoms with Crippen LogP contribution in [0, 0.1) is 21.4 Å². The fourth-order valence-electron chi connectivity index (χ4n) is 1.52. The predicted molar refractivity (Wildman–Crippen MR) is 65.1 cm³/mol. The lowest BCUT2D eigenvalue weighted by Crippen LogP contribution is -2.24. The fraction of sp³-hybridized carbons (Fsp3) is 0.455. The highest BCUT2D eigenvalue weighted by atomic mass is 16.6. The number of nitriles is 1. The Hall–Kier alpha value is -2.20. The third-order valence-electron chi connectivity index (χ3n) is 2.63. The van der Waals surface area contributed by atoms with E-state index in [0.717, 1.165) is 12.7 Å². The van der Waals surface area contributed by atoms with Crippen molar-refractivity contribution in [3.63, 3.8) is 0 Å². The van der Waals surface area contributed by atoms with Crippen LogP contribution in [0.1, 0.15) is 18.4 Å². The van der Waals surface area contributed by atoms with Crippen LogP contribution in [0.3, 0.4) is 0 Å². The molecule has 0 bridgehead atoms. The van der Waals surface area contributed by atoms with Crippen molar-refractivity contribution in [2.75, 3.05) is 18.4 Å². The average Bonchev–Trinajstić information content (AvgIpc) is 3.18. The second-order valence-electron chi connectivity index (χ2n) is 4.11. The minimum Gasteiger partial charge on any atom is -0.368 e. The van der Waals surface area contributed by atoms with E-state index in [1.165, 1.54) is 18.9 Å². The molecule has 0 saturated heterocycles. The summed E-state index contributed by atoms with van der Waals surface area (Å²) < 4.78 is 0. The lowest BCUT2D eigenvalue weighted by Gasteiger charge is -2.07. The molecule has 1 saturated carbocycles. The van der Waals surface area contributed by atoms with Crippen molar-refractivity contribution in [3.8, 4) is 6.07 Å². The van der Waals surface area contributed by atoms with Gasteiger partial charge in [0.15, 0.2) is 0 Å². The molecule has 0 amide bonds. The van der Waals surface area contributed by atoms with Crippen LogP contribution in [0.4, 0.5) is 11.5 Å². The van der Waals surface area contributed by atoms with E-state index in [2.05, 4.69) is 15.6 Å². The van der Waals surface area contributed by atoms with Gasteiger partial charge in [-0.05, 0) is 12.8 Å². The van der Waals surface area contributed by atoms with Crippen LogP contribution >= 0.6 is 0 Å². The van der Waals surface area contributed by atoms with E-state index in [1.807, 2.05) is 6.07 Å². The van der Waals surface area contributed by atoms with Gasteiger partial charge >= 0.3 is 0 Å². The summed E-state index contributed by atoms with van der Waals surface area (Å²) in [4.78, 5) is 13.9. The Labute approximate surface area is 104 Å². The zero-order valence-corrected chi connectivity index (χ0v) is 9.72. The number of hydrogen-bond donors (Lipinski definition) is 2. The Balaban J connectivity index is 1.94. The Morgan fingerprint density at radius 1 is 1.56 bits per heavy atom. The summed E-state index contributed by atoms with van der Waals surface area (Å²) >= 11 is 0. The molecule has 1 aromatic rings. The molecule has 0 aromatic carbocycles. The second-order valence-corrected chi connectivity index (χ2v) is 4.11. The lowest BCUT2D eigenvalue weighted by molar-refractivity contribution is -0.385. The summed E-state index contributed by atoms with van der Waals surface area (Å²) in [5.41, 5.74) is 0.0174. The van der Waals surface area contributed by atoms with Gasteiger partial charge in [0.2, 0.25) is 0 Å². The van der Waals surface area contributed by atoms with Crippen LogP contribution < -0.4 is 10.6 Å². The summed E-state index contributed by atoms with van der Waals surface area (Å²) in [6.07, 6.45) is 3.59. The number of aromatic nitrogens is 1. The largest absolute Gasteiger partial charge is 0.368 e. The predicted octanol–water partition coefficient (Wildman–Crippen LogP) is 1.03. The maximum atomic E-state index is 10.5. The molecule has 94 valence electrons. The molecule has 1 aliphatic rings. The van der Waals surface area contributed by atoms with E-state index in [0.29, 0.717) is 18.4 Å². The van der Waals surface area contributed by atoms with Crippen molar-refractivity contribution in [3.05, 3.63) is 27.9 Å². The molecule has 1 aliphatic carbocycles. The number of hydrogen-bond acceptors (Lipinski definition) is 6. The molecule has 7 heteroatoms. The van der Waals surface area contributed by atoms with Crippen LogP contribution in [0.25, 0.3) is 0 Å². The van der Waals surface area contributed by atoms with Gasteiger partial charge in [0, 0.05) is 25.2 Å². The van der Waals surface area contributed by atoms with Crippen molar-refractivity contribution in [2.24, 2.45) is 0 Å². The molecule has 0 atom stereocenters. The minimum absolute atomic E-state index is 0.173. The Kier molecular flexibility index (Phi) is 3.69. The van der Waals surface area contributed by atoms with Gasteiger partial charge in [-0.25, -0.2) is 4.98 Å². The van der Waals surface area contributed by atoms with Crippen molar-refractivity contribution in [1.29, 1.82) is 5.26 Å². The van der Waals surface area contributed by atoms with E-state index < -0.39 is 4.92 Å². The minimum atomic E-state index is -0.563. The molecular weight excluding hydrogens is 234 g/mol. The van der Waals surface area contributed by atoms with Gasteiger partial charge in [-0.1, -0.05) is 0 Å². The highest BCUT2D eigenvalue weighted by Crippen LogP contribution is 2.19. The molecule has 2 rings (SSSR count). The molecule has 2 N–H and O–H groups in total. The van der Waals surface area contributed by atoms with Crippen molar-refractivity contribution >= 4 is 11.5 Å². The number of pyridine rings is 1. The van der Waals surface area contributed by atoms with Gasteiger partial charge in [0.05, 0.1) is 4.92 Å². The molecule has 0 radical (unpaired) electrons. The first-order valence-electron chi connectivity index (χ1n) is 5.72. The monoisotopic (exact) mass is 247 g/mol. The Morgan fingerprint density at radius 2 is 2.33 bits per heavy atom. The zero-order valence-electron chi connectivity index (χ0n) is 9.72. The third kappa shape index (κ3) is 3.15. The number of nitrogens with one attached hydrogen (secondary N) is 2. The lowest BCUT2D eigenvalue weighted by atomic mass is 10.2. The maximum Gasteiger partial charge on any atom is 0.289 e. The van der Waals surface area contributed by atoms with E-state index in [4.69, 9.17) is 5.26 Å². The zero-order chi connectivity index (χ0) is 13.0. The van der Waals surface area contributed by atoms with Crippen LogP contribution in [0.2, 0.25) is 0 Å². The molecule has 1 heterocycles. The van der Waals surface area contributed by atoms with Crippen molar-refractivity contribution < 1.29 is 4.92 Å². The van der Waals surface area contributed by atoms with E-state index in [9.17, 15) is 10.1 Å². The molecule has 0 spiro atoms. The fourth-order valence-corrected chi connectivity index (χ4v) is 1.52. The molecule has 1 aromatic heterocycles. The van der Waals surface area contributed by atoms with Crippen LogP contribution in [0.5, 0.6) is 0 Å². The highest BCUT2D eigenvalue weighted by Gasteiger charge is 2.19. The van der Waals surface area contributed by atoms with Gasteiger partial charge in [-0.15, -0.1) is 0 Å². The first-order chi connectivity index (χ1) is 8.70. The van der Waals surface area contributed by atoms with Crippen LogP contribution in [0.15, 0.2) is 12.3 Å². The van der Waals surface area contributed by atoms with Crippen LogP contribution in [-0.2, 0) is 0 Å². The topological polar surface area (TPSA) is 104 Å². The van der Waals surface area contributed by atoms with Crippen molar-refractivity contribution in [1.82, 2.24) is 10.3 Å². The third-order valence-corrected chi connectivity index (χ3v) is 2.63. The first kappa shape index (κ1) is 12.3. The van der Waals surface area contributed by atoms with E-state index in [1.54, 1.807) is 0 Å². The smallest absolute Gasteiger partial charge is 0.289 e. The van der Waals surface area contributed by atoms with Gasteiger partial charge in [0.25, 0.3) is 5.69 Å². The molecule has 1 fully saturated rings. The molecule has 7 nitrogen and oxygen atoms in total. The van der Waals surface area contributed by atoms with Gasteiger partial charge < -0.3 is 10.6 Å². The average molecular weight is 247 g/mol. The quantitative estimate of drug-likeness (QED) is 0.442. The summed E-state index contributed by atoms with van der Waals surface area (Å²) in [6, 6.07) is 3.76. The summed E-state index contributed by atoms with van der Waals surface area (Å²) in [5, 5.41) is 25.8. The molecule has 0 aliphatic heterocycles. The molecule has 0 unspecified atom stereocenters. The first-order valence-corrected chi connectivity index (χ1v) is 5.72. The standard InChI is InChI=1S/C11H13N5O2/c12-6-8-5-10(16(17)18)7-15-11(8)14-4-3-13-9-1-2-9/h5,7,9,13H,1-4H2,(H,14,15). The normalized spacial score (nSPS) is 13.9. The Morgan fingerprint density at radius 3 is 2.94 bits per heavy atom. The number of rotatable bonds is 6. The molecular formula is C11H13N5O2. The second kappa shape index (κ2) is 5.42. The highest BCUT2D eigenvalue weighted by molar-refractivity contribution is 5.55. The van der Waals surface area contributed by atoms with Gasteiger partial charge in [-0.2, -0.15) is 5.26 Å². The summed E-state index contributed by atoms with van der Waals surface area (Å²) in [7, 11) is 0. The maximum absolute atomic E-state index is 10.5. The summed E-state index contributed by atoms with van der Waals surface area (Å²) in [5.74, 6) is 0.390. The van der Waals surface area contributed by atoms with E-state index >= 15 is 0 Å². The van der Waals surface area contributed by atoms with Gasteiger partial charge in [0.1, 0.15) is 23.6 Å². The SMILES string of the molecule is N#Cc1cc([N+](=O)[O-])cnc1NCCNC1CC1. The number of nitro groups is 1. The van der Waals surface area contributed by atoms with Gasteiger partial charge in [-0.3, -0.25) is 10.1 Å². The number of anilines is 1. The van der Waals surface area contributed by atoms with E-state index in [-0.39, 0.29) is 11.3 Å². The Bertz CT molecular complexity index is 493. The van der Waals surface area contributed by atoms with Crippen LogP contribution in [-0.4, -0.2) is 29.0 Å². The van der Waals surface area contributed by atoms with Crippen molar-refractivity contribution in [2.45, 2.75) is 18.9 Å². The summed E-state index contributed by atoms with van der Waals surface area (Å²) in [6.45, 7) is 1.42. The number of nitrogens with zero attached hydrogens (tertiary/aromatic N) is 3. The molecule has 18 heavy (non-hydrogen) atoms.